The molecule has 286 valence electrons. The van der Waals surface area contributed by atoms with Gasteiger partial charge in [0.05, 0.1) is 45.4 Å². The van der Waals surface area contributed by atoms with Gasteiger partial charge in [-0.15, -0.1) is 0 Å². The number of hydrogen-bond donors (Lipinski definition) is 3. The highest BCUT2D eigenvalue weighted by atomic mass is 19.1. The normalized spacial score (nSPS) is 21.4. The Morgan fingerprint density at radius 2 is 1.47 bits per heavy atom. The van der Waals surface area contributed by atoms with Gasteiger partial charge in [-0.2, -0.15) is 0 Å². The molecule has 11 nitrogen and oxygen atoms in total. The number of hydrogen-bond acceptors (Lipinski definition) is 8. The van der Waals surface area contributed by atoms with Gasteiger partial charge < -0.3 is 10.1 Å². The van der Waals surface area contributed by atoms with Crippen LogP contribution in [0.1, 0.15) is 47.6 Å². The van der Waals surface area contributed by atoms with Crippen LogP contribution in [0, 0.1) is 23.6 Å². The molecule has 58 heavy (non-hydrogen) atoms. The minimum Gasteiger partial charge on any atom is -0.494 e. The van der Waals surface area contributed by atoms with Gasteiger partial charge in [-0.3, -0.25) is 29.1 Å². The minimum absolute atomic E-state index is 0.0221. The summed E-state index contributed by atoms with van der Waals surface area (Å²) < 4.78 is 16.5. The number of imide groups is 1. The maximum absolute atomic E-state index is 14.9. The van der Waals surface area contributed by atoms with Crippen LogP contribution in [0.3, 0.4) is 0 Å². The molecule has 11 rings (SSSR count). The largest absolute Gasteiger partial charge is 0.494 e. The highest BCUT2D eigenvalue weighted by molar-refractivity contribution is 6.56. The zero-order valence-corrected chi connectivity index (χ0v) is 31.3. The Labute approximate surface area is 330 Å². The van der Waals surface area contributed by atoms with Gasteiger partial charge in [0.1, 0.15) is 22.9 Å². The van der Waals surface area contributed by atoms with Crippen LogP contribution in [0.4, 0.5) is 15.8 Å². The third kappa shape index (κ3) is 4.94. The van der Waals surface area contributed by atoms with Gasteiger partial charge in [0.25, 0.3) is 5.56 Å². The molecule has 2 saturated heterocycles. The zero-order chi connectivity index (χ0) is 40.0. The zero-order valence-electron chi connectivity index (χ0n) is 31.3. The fourth-order valence-corrected chi connectivity index (χ4v) is 9.40. The minimum atomic E-state index is -1.23. The number of amides is 2. The van der Waals surface area contributed by atoms with Crippen molar-refractivity contribution in [1.82, 2.24) is 19.9 Å². The molecule has 1 spiro atoms. The van der Waals surface area contributed by atoms with Gasteiger partial charge in [0.15, 0.2) is 5.88 Å². The fraction of sp³-hybridized carbons (Fsp3) is 0.174. The van der Waals surface area contributed by atoms with E-state index in [1.165, 1.54) is 18.2 Å². The average Bonchev–Trinajstić information content (AvgIpc) is 3.98. The molecule has 6 heterocycles. The van der Waals surface area contributed by atoms with Crippen molar-refractivity contribution >= 4 is 56.5 Å². The number of benzene rings is 5. The molecular formula is C46H35FN6O5. The van der Waals surface area contributed by atoms with E-state index in [1.54, 1.807) is 41.0 Å². The Hall–Kier alpha value is -7.05. The number of aromatic nitrogens is 3. The molecule has 4 aliphatic heterocycles. The molecule has 2 amide bonds. The summed E-state index contributed by atoms with van der Waals surface area (Å²) in [5.74, 6) is -2.77. The number of nitrogens with one attached hydrogen (secondary N) is 2. The maximum atomic E-state index is 14.9. The molecule has 2 unspecified atom stereocenters. The molecule has 0 bridgehead atoms. The van der Waals surface area contributed by atoms with Crippen LogP contribution in [0.15, 0.2) is 131 Å². The molecule has 2 aromatic heterocycles. The Morgan fingerprint density at radius 1 is 0.793 bits per heavy atom. The molecule has 12 heteroatoms. The first-order chi connectivity index (χ1) is 28.1. The van der Waals surface area contributed by atoms with Crippen molar-refractivity contribution in [3.05, 3.63) is 160 Å². The Morgan fingerprint density at radius 3 is 2.24 bits per heavy atom. The number of nitrogens with zero attached hydrogens (tertiary/aromatic N) is 4. The smallest absolute Gasteiger partial charge is 0.266 e. The number of aromatic hydroxyl groups is 1. The number of ketones is 1. The number of aromatic amines is 1. The van der Waals surface area contributed by atoms with Gasteiger partial charge in [-0.1, -0.05) is 86.6 Å². The van der Waals surface area contributed by atoms with E-state index in [1.807, 2.05) is 66.7 Å². The van der Waals surface area contributed by atoms with Crippen molar-refractivity contribution in [1.29, 1.82) is 0 Å². The molecule has 0 radical (unpaired) electrons. The summed E-state index contributed by atoms with van der Waals surface area (Å²) in [6, 6.07) is 34.7. The van der Waals surface area contributed by atoms with Crippen LogP contribution in [0.5, 0.6) is 5.88 Å². The lowest BCUT2D eigenvalue weighted by atomic mass is 9.75. The lowest BCUT2D eigenvalue weighted by Gasteiger charge is -2.32. The van der Waals surface area contributed by atoms with Crippen LogP contribution in [-0.4, -0.2) is 49.0 Å². The number of carbonyl (C=O) groups is 3. The van der Waals surface area contributed by atoms with Crippen LogP contribution >= 0.6 is 0 Å². The summed E-state index contributed by atoms with van der Waals surface area (Å²) >= 11 is 0. The van der Waals surface area contributed by atoms with Crippen molar-refractivity contribution in [3.63, 3.8) is 0 Å². The third-order valence-electron chi connectivity index (χ3n) is 11.7. The van der Waals surface area contributed by atoms with Crippen molar-refractivity contribution in [2.45, 2.75) is 31.8 Å². The first kappa shape index (κ1) is 35.4. The molecule has 7 aromatic rings. The van der Waals surface area contributed by atoms with Crippen molar-refractivity contribution in [3.8, 4) is 11.6 Å². The number of halogens is 1. The highest BCUT2D eigenvalue weighted by Gasteiger charge is 2.70. The lowest BCUT2D eigenvalue weighted by molar-refractivity contribution is -0.123. The number of anilines is 1. The SMILES string of the molecule is CC(C)CC1NC2(c3ccccc3-n3c2nc2ccccc2c3=O)[C@H]2C(=O)N(c3ccccc3F)C(=O)[C@@H]12.O=C1C(c2c(O)[nH]c3ccccc23)=Nc2ccccc21. The summed E-state index contributed by atoms with van der Waals surface area (Å²) in [6.45, 7) is 4.12. The number of para-hydroxylation sites is 5. The number of aliphatic imine (C=N–C) groups is 1. The molecule has 2 fully saturated rings. The molecule has 5 aromatic carbocycles. The second kappa shape index (κ2) is 13.0. The fourth-order valence-electron chi connectivity index (χ4n) is 9.40. The van der Waals surface area contributed by atoms with E-state index < -0.39 is 35.0 Å². The summed E-state index contributed by atoms with van der Waals surface area (Å²) in [6.07, 6.45) is 0.618. The Balaban J connectivity index is 0.000000171. The number of rotatable bonds is 4. The van der Waals surface area contributed by atoms with Crippen LogP contribution in [0.25, 0.3) is 27.5 Å². The van der Waals surface area contributed by atoms with Crippen molar-refractivity contribution in [2.24, 2.45) is 22.7 Å². The molecule has 0 aliphatic carbocycles. The molecule has 4 aliphatic rings. The van der Waals surface area contributed by atoms with E-state index in [-0.39, 0.29) is 34.9 Å². The Kier molecular flexibility index (Phi) is 7.93. The maximum Gasteiger partial charge on any atom is 0.266 e. The number of fused-ring (bicyclic) bond motifs is 10. The molecule has 4 atom stereocenters. The summed E-state index contributed by atoms with van der Waals surface area (Å²) in [5.41, 5.74) is 3.14. The van der Waals surface area contributed by atoms with E-state index in [4.69, 9.17) is 4.98 Å². The van der Waals surface area contributed by atoms with Crippen LogP contribution < -0.4 is 15.8 Å². The number of H-pyrrole nitrogens is 1. The average molecular weight is 771 g/mol. The van der Waals surface area contributed by atoms with Gasteiger partial charge in [-0.25, -0.2) is 19.3 Å². The number of carbonyl (C=O) groups excluding carboxylic acids is 3. The summed E-state index contributed by atoms with van der Waals surface area (Å²) in [5, 5.41) is 15.0. The van der Waals surface area contributed by atoms with E-state index in [9.17, 15) is 28.7 Å². The predicted molar refractivity (Wildman–Crippen MR) is 217 cm³/mol. The van der Waals surface area contributed by atoms with Crippen molar-refractivity contribution < 1.29 is 23.9 Å². The number of Topliss-reactive ketones (excluding diaryl/α,β-unsaturated/α-hetero) is 1. The van der Waals surface area contributed by atoms with Crippen LogP contribution in [-0.2, 0) is 15.1 Å². The standard InChI is InChI=1S/C30H25FN4O3.C16H10N2O2/c1-16(2)15-21-24-25(28(38)34(27(24)37)23-14-8-5-11-19(23)31)30(33-21)18-10-4-7-13-22(18)35-26(36)17-9-3-6-12-20(17)32-29(30)35;19-15-10-6-2-4-8-12(10)17-14(15)13-9-5-1-3-7-11(9)18-16(13)20/h3-14,16,21,24-25,33H,15H2,1-2H3;1-8,18,20H/t21?,24-,25+,30?;/m0./s1. The summed E-state index contributed by atoms with van der Waals surface area (Å²) in [7, 11) is 0. The molecular weight excluding hydrogens is 736 g/mol. The highest BCUT2D eigenvalue weighted by Crippen LogP contribution is 2.56. The Bertz CT molecular complexity index is 3010. The van der Waals surface area contributed by atoms with E-state index in [2.05, 4.69) is 29.1 Å². The summed E-state index contributed by atoms with van der Waals surface area (Å²) in [4.78, 5) is 67.8. The van der Waals surface area contributed by atoms with E-state index >= 15 is 0 Å². The third-order valence-corrected chi connectivity index (χ3v) is 11.7. The predicted octanol–water partition coefficient (Wildman–Crippen LogP) is 7.10. The monoisotopic (exact) mass is 770 g/mol. The second-order valence-electron chi connectivity index (χ2n) is 15.5. The quantitative estimate of drug-likeness (QED) is 0.162. The van der Waals surface area contributed by atoms with Gasteiger partial charge in [0.2, 0.25) is 17.6 Å². The first-order valence-corrected chi connectivity index (χ1v) is 19.1. The van der Waals surface area contributed by atoms with Gasteiger partial charge >= 0.3 is 0 Å². The van der Waals surface area contributed by atoms with Crippen LogP contribution in [0.2, 0.25) is 0 Å². The second-order valence-corrected chi connectivity index (χ2v) is 15.5. The van der Waals surface area contributed by atoms with E-state index in [0.29, 0.717) is 51.4 Å². The topological polar surface area (TPSA) is 150 Å². The van der Waals surface area contributed by atoms with Gasteiger partial charge in [-0.05, 0) is 60.9 Å². The van der Waals surface area contributed by atoms with Gasteiger partial charge in [0, 0.05) is 28.1 Å². The lowest BCUT2D eigenvalue weighted by Crippen LogP contribution is -2.50. The first-order valence-electron chi connectivity index (χ1n) is 19.1. The molecule has 3 N–H and O–H groups in total. The molecule has 0 saturated carbocycles. The van der Waals surface area contributed by atoms with E-state index in [0.717, 1.165) is 21.4 Å². The van der Waals surface area contributed by atoms with Crippen molar-refractivity contribution in [2.75, 3.05) is 4.90 Å².